The van der Waals surface area contributed by atoms with E-state index in [0.717, 1.165) is 19.3 Å². The van der Waals surface area contributed by atoms with Gasteiger partial charge in [0.05, 0.1) is 15.9 Å². The SMILES string of the molecule is CCN(C[C@@H]1CCCO1)c1ccc(S(=O)(=O)N2C[C@@H](C)C[C@H](C)C2)cc1[N+](=O)[O-]. The number of nitrogens with zero attached hydrogens (tertiary/aromatic N) is 3. The van der Waals surface area contributed by atoms with Crippen LogP contribution in [0.5, 0.6) is 0 Å². The number of sulfonamides is 1. The minimum absolute atomic E-state index is 0.0116. The summed E-state index contributed by atoms with van der Waals surface area (Å²) >= 11 is 0. The first-order valence-electron chi connectivity index (χ1n) is 10.4. The van der Waals surface area contributed by atoms with Gasteiger partial charge in [0.15, 0.2) is 0 Å². The van der Waals surface area contributed by atoms with Crippen LogP contribution in [0.15, 0.2) is 23.1 Å². The van der Waals surface area contributed by atoms with E-state index < -0.39 is 14.9 Å². The summed E-state index contributed by atoms with van der Waals surface area (Å²) in [4.78, 5) is 13.2. The van der Waals surface area contributed by atoms with Crippen molar-refractivity contribution >= 4 is 21.4 Å². The maximum atomic E-state index is 13.2. The molecule has 0 spiro atoms. The number of anilines is 1. The van der Waals surface area contributed by atoms with Crippen molar-refractivity contribution in [3.8, 4) is 0 Å². The lowest BCUT2D eigenvalue weighted by Crippen LogP contribution is -2.42. The van der Waals surface area contributed by atoms with Crippen LogP contribution in [-0.4, -0.2) is 56.5 Å². The lowest BCUT2D eigenvalue weighted by atomic mass is 9.94. The summed E-state index contributed by atoms with van der Waals surface area (Å²) in [6.45, 7) is 8.75. The van der Waals surface area contributed by atoms with Crippen molar-refractivity contribution in [2.24, 2.45) is 11.8 Å². The molecule has 1 aromatic rings. The first-order valence-corrected chi connectivity index (χ1v) is 11.8. The van der Waals surface area contributed by atoms with Gasteiger partial charge in [0.2, 0.25) is 10.0 Å². The molecule has 0 aliphatic carbocycles. The Kier molecular flexibility index (Phi) is 6.80. The van der Waals surface area contributed by atoms with Crippen LogP contribution in [0.2, 0.25) is 0 Å². The first-order chi connectivity index (χ1) is 13.7. The van der Waals surface area contributed by atoms with Crippen molar-refractivity contribution in [3.05, 3.63) is 28.3 Å². The highest BCUT2D eigenvalue weighted by Gasteiger charge is 2.33. The average Bonchev–Trinajstić information content (AvgIpc) is 3.18. The molecule has 2 heterocycles. The lowest BCUT2D eigenvalue weighted by Gasteiger charge is -2.34. The zero-order valence-corrected chi connectivity index (χ0v) is 18.2. The molecule has 2 saturated heterocycles. The van der Waals surface area contributed by atoms with Crippen LogP contribution < -0.4 is 4.90 Å². The molecule has 29 heavy (non-hydrogen) atoms. The summed E-state index contributed by atoms with van der Waals surface area (Å²) < 4.78 is 33.4. The quantitative estimate of drug-likeness (QED) is 0.492. The lowest BCUT2D eigenvalue weighted by molar-refractivity contribution is -0.384. The molecule has 9 heteroatoms. The van der Waals surface area contributed by atoms with E-state index in [1.165, 1.54) is 16.4 Å². The van der Waals surface area contributed by atoms with Crippen molar-refractivity contribution in [1.29, 1.82) is 0 Å². The van der Waals surface area contributed by atoms with Gasteiger partial charge in [-0.1, -0.05) is 13.8 Å². The number of hydrogen-bond donors (Lipinski definition) is 0. The van der Waals surface area contributed by atoms with E-state index in [1.807, 2.05) is 25.7 Å². The summed E-state index contributed by atoms with van der Waals surface area (Å²) in [5, 5.41) is 11.8. The second-order valence-electron chi connectivity index (χ2n) is 8.35. The van der Waals surface area contributed by atoms with Gasteiger partial charge in [-0.15, -0.1) is 0 Å². The Morgan fingerprint density at radius 2 is 1.97 bits per heavy atom. The second-order valence-corrected chi connectivity index (χ2v) is 10.3. The molecule has 0 radical (unpaired) electrons. The van der Waals surface area contributed by atoms with Crippen molar-refractivity contribution in [2.45, 2.75) is 51.0 Å². The number of ether oxygens (including phenoxy) is 1. The number of nitro groups is 1. The fraction of sp³-hybridized carbons (Fsp3) is 0.700. The Morgan fingerprint density at radius 1 is 1.28 bits per heavy atom. The fourth-order valence-electron chi connectivity index (χ4n) is 4.46. The molecule has 1 aromatic carbocycles. The third-order valence-electron chi connectivity index (χ3n) is 5.79. The number of nitro benzene ring substituents is 1. The maximum Gasteiger partial charge on any atom is 0.293 e. The van der Waals surface area contributed by atoms with Crippen LogP contribution in [0, 0.1) is 22.0 Å². The third-order valence-corrected chi connectivity index (χ3v) is 7.61. The van der Waals surface area contributed by atoms with Gasteiger partial charge in [0, 0.05) is 38.9 Å². The van der Waals surface area contributed by atoms with Crippen LogP contribution in [0.1, 0.15) is 40.0 Å². The second kappa shape index (κ2) is 8.97. The number of rotatable bonds is 7. The topological polar surface area (TPSA) is 93.0 Å². The fourth-order valence-corrected chi connectivity index (χ4v) is 6.16. The smallest absolute Gasteiger partial charge is 0.293 e. The van der Waals surface area contributed by atoms with Crippen molar-refractivity contribution < 1.29 is 18.1 Å². The predicted molar refractivity (Wildman–Crippen MR) is 112 cm³/mol. The Labute approximate surface area is 173 Å². The Balaban J connectivity index is 1.91. The van der Waals surface area contributed by atoms with Crippen LogP contribution in [-0.2, 0) is 14.8 Å². The zero-order valence-electron chi connectivity index (χ0n) is 17.4. The third kappa shape index (κ3) is 4.90. The molecule has 0 N–H and O–H groups in total. The monoisotopic (exact) mass is 425 g/mol. The highest BCUT2D eigenvalue weighted by Crippen LogP contribution is 2.34. The van der Waals surface area contributed by atoms with Gasteiger partial charge < -0.3 is 9.64 Å². The molecule has 0 aromatic heterocycles. The highest BCUT2D eigenvalue weighted by molar-refractivity contribution is 7.89. The standard InChI is InChI=1S/C20H31N3O5S/c1-4-21(14-17-6-5-9-28-17)19-8-7-18(11-20(19)23(24)25)29(26,27)22-12-15(2)10-16(3)13-22/h7-8,11,15-17H,4-6,9-10,12-14H2,1-3H3/t15-,16-,17-/m0/s1. The highest BCUT2D eigenvalue weighted by atomic mass is 32.2. The molecular weight excluding hydrogens is 394 g/mol. The number of hydrogen-bond acceptors (Lipinski definition) is 6. The summed E-state index contributed by atoms with van der Waals surface area (Å²) in [6, 6.07) is 4.28. The molecule has 3 rings (SSSR count). The van der Waals surface area contributed by atoms with Gasteiger partial charge in [-0.2, -0.15) is 4.31 Å². The van der Waals surface area contributed by atoms with E-state index in [0.29, 0.717) is 38.5 Å². The largest absolute Gasteiger partial charge is 0.376 e. The van der Waals surface area contributed by atoms with E-state index in [2.05, 4.69) is 0 Å². The van der Waals surface area contributed by atoms with Gasteiger partial charge in [-0.3, -0.25) is 10.1 Å². The number of likely N-dealkylation sites (N-methyl/N-ethyl adjacent to an activating group) is 1. The van der Waals surface area contributed by atoms with E-state index in [1.54, 1.807) is 6.07 Å². The first kappa shape index (κ1) is 22.0. The Hall–Kier alpha value is -1.71. The van der Waals surface area contributed by atoms with E-state index >= 15 is 0 Å². The van der Waals surface area contributed by atoms with Crippen LogP contribution in [0.3, 0.4) is 0 Å². The molecular formula is C20H31N3O5S. The van der Waals surface area contributed by atoms with Gasteiger partial charge in [0.1, 0.15) is 5.69 Å². The van der Waals surface area contributed by atoms with Gasteiger partial charge in [-0.25, -0.2) is 8.42 Å². The van der Waals surface area contributed by atoms with E-state index in [-0.39, 0.29) is 28.5 Å². The van der Waals surface area contributed by atoms with Crippen molar-refractivity contribution in [2.75, 3.05) is 37.7 Å². The molecule has 0 bridgehead atoms. The molecule has 8 nitrogen and oxygen atoms in total. The molecule has 2 aliphatic heterocycles. The number of piperidine rings is 1. The molecule has 2 fully saturated rings. The minimum Gasteiger partial charge on any atom is -0.376 e. The molecule has 3 atom stereocenters. The van der Waals surface area contributed by atoms with Crippen LogP contribution in [0.25, 0.3) is 0 Å². The summed E-state index contributed by atoms with van der Waals surface area (Å²) in [6.07, 6.45) is 2.96. The average molecular weight is 426 g/mol. The molecule has 0 amide bonds. The predicted octanol–water partition coefficient (Wildman–Crippen LogP) is 3.27. The Bertz CT molecular complexity index is 829. The van der Waals surface area contributed by atoms with Crippen molar-refractivity contribution in [3.63, 3.8) is 0 Å². The molecule has 162 valence electrons. The summed E-state index contributed by atoms with van der Waals surface area (Å²) in [5.74, 6) is 0.537. The Morgan fingerprint density at radius 3 is 2.52 bits per heavy atom. The summed E-state index contributed by atoms with van der Waals surface area (Å²) in [7, 11) is -3.77. The van der Waals surface area contributed by atoms with Crippen LogP contribution in [0.4, 0.5) is 11.4 Å². The van der Waals surface area contributed by atoms with E-state index in [9.17, 15) is 18.5 Å². The molecule has 2 aliphatic rings. The summed E-state index contributed by atoms with van der Waals surface area (Å²) in [5.41, 5.74) is 0.261. The van der Waals surface area contributed by atoms with Gasteiger partial charge in [-0.05, 0) is 50.2 Å². The normalized spacial score (nSPS) is 25.8. The minimum atomic E-state index is -3.77. The van der Waals surface area contributed by atoms with E-state index in [4.69, 9.17) is 4.74 Å². The van der Waals surface area contributed by atoms with Crippen molar-refractivity contribution in [1.82, 2.24) is 4.31 Å². The van der Waals surface area contributed by atoms with Gasteiger partial charge >= 0.3 is 0 Å². The maximum absolute atomic E-state index is 13.2. The number of benzene rings is 1. The van der Waals surface area contributed by atoms with Crippen LogP contribution >= 0.6 is 0 Å². The van der Waals surface area contributed by atoms with Gasteiger partial charge in [0.25, 0.3) is 5.69 Å². The molecule has 0 unspecified atom stereocenters. The molecule has 0 saturated carbocycles. The zero-order chi connectivity index (χ0) is 21.2.